The Morgan fingerprint density at radius 3 is 1.09 bits per heavy atom. The van der Waals surface area contributed by atoms with Crippen LogP contribution in [0.5, 0.6) is 0 Å². The zero-order chi connectivity index (χ0) is 50.7. The van der Waals surface area contributed by atoms with Gasteiger partial charge < -0.3 is 20.3 Å². The van der Waals surface area contributed by atoms with E-state index in [0.29, 0.717) is 25.9 Å². The molecule has 0 spiro atoms. The number of nitrogens with one attached hydrogen (secondary N) is 1. The first kappa shape index (κ1) is 68.3. The van der Waals surface area contributed by atoms with E-state index >= 15 is 0 Å². The number of rotatable bonds is 59. The lowest BCUT2D eigenvalue weighted by atomic mass is 10.0. The summed E-state index contributed by atoms with van der Waals surface area (Å²) in [4.78, 5) is 24.5. The van der Waals surface area contributed by atoms with Crippen molar-refractivity contribution in [1.82, 2.24) is 5.32 Å². The van der Waals surface area contributed by atoms with Crippen molar-refractivity contribution in [3.8, 4) is 0 Å². The molecule has 6 nitrogen and oxygen atoms in total. The van der Waals surface area contributed by atoms with Gasteiger partial charge in [0.05, 0.1) is 25.4 Å². The summed E-state index contributed by atoms with van der Waals surface area (Å²) in [6.07, 6.45) is 73.3. The van der Waals surface area contributed by atoms with Gasteiger partial charge in [-0.1, -0.05) is 301 Å². The summed E-state index contributed by atoms with van der Waals surface area (Å²) in [5.41, 5.74) is 0. The SMILES string of the molecule is CCCCCCCCCCCCCCCCCCC(O)C(CO)NC(=O)CCCCCCCCCCC/C=C\C/C=C\CCCCCCCCCCCOC(=O)CCCCCCCCCCCCCC. The van der Waals surface area contributed by atoms with Gasteiger partial charge in [0.25, 0.3) is 0 Å². The largest absolute Gasteiger partial charge is 0.466 e. The molecule has 0 aliphatic heterocycles. The van der Waals surface area contributed by atoms with Crippen molar-refractivity contribution in [2.75, 3.05) is 13.2 Å². The first-order chi connectivity index (χ1) is 34.5. The third-order valence-corrected chi connectivity index (χ3v) is 14.8. The van der Waals surface area contributed by atoms with E-state index in [4.69, 9.17) is 4.74 Å². The molecule has 0 radical (unpaired) electrons. The molecule has 1 amide bonds. The second kappa shape index (κ2) is 59.9. The van der Waals surface area contributed by atoms with Gasteiger partial charge in [-0.05, 0) is 57.8 Å². The molecule has 0 aromatic carbocycles. The molecule has 0 rings (SSSR count). The third-order valence-electron chi connectivity index (χ3n) is 14.8. The second-order valence-corrected chi connectivity index (χ2v) is 21.7. The fourth-order valence-electron chi connectivity index (χ4n) is 9.91. The van der Waals surface area contributed by atoms with E-state index in [0.717, 1.165) is 44.9 Å². The second-order valence-electron chi connectivity index (χ2n) is 21.7. The molecular weight excluding hydrogens is 863 g/mol. The molecule has 0 bridgehead atoms. The van der Waals surface area contributed by atoms with Crippen molar-refractivity contribution in [1.29, 1.82) is 0 Å². The minimum atomic E-state index is -0.668. The fourth-order valence-corrected chi connectivity index (χ4v) is 9.91. The van der Waals surface area contributed by atoms with Gasteiger partial charge in [-0.3, -0.25) is 9.59 Å². The van der Waals surface area contributed by atoms with Gasteiger partial charge in [0.2, 0.25) is 5.91 Å². The Kier molecular flexibility index (Phi) is 58.5. The van der Waals surface area contributed by atoms with Gasteiger partial charge in [0, 0.05) is 12.8 Å². The first-order valence-electron chi connectivity index (χ1n) is 31.6. The first-order valence-corrected chi connectivity index (χ1v) is 31.6. The van der Waals surface area contributed by atoms with Gasteiger partial charge in [-0.15, -0.1) is 0 Å². The highest BCUT2D eigenvalue weighted by atomic mass is 16.5. The number of unbranched alkanes of at least 4 members (excludes halogenated alkanes) is 44. The number of allylic oxidation sites excluding steroid dienone is 4. The van der Waals surface area contributed by atoms with Crippen molar-refractivity contribution in [2.24, 2.45) is 0 Å². The van der Waals surface area contributed by atoms with E-state index in [1.54, 1.807) is 0 Å². The zero-order valence-electron chi connectivity index (χ0n) is 47.3. The predicted molar refractivity (Wildman–Crippen MR) is 306 cm³/mol. The maximum Gasteiger partial charge on any atom is 0.305 e. The molecule has 70 heavy (non-hydrogen) atoms. The Balaban J connectivity index is 3.43. The molecule has 2 unspecified atom stereocenters. The highest BCUT2D eigenvalue weighted by molar-refractivity contribution is 5.76. The van der Waals surface area contributed by atoms with E-state index < -0.39 is 12.1 Å². The van der Waals surface area contributed by atoms with Crippen LogP contribution in [0, 0.1) is 0 Å². The van der Waals surface area contributed by atoms with E-state index in [9.17, 15) is 19.8 Å². The Bertz CT molecular complexity index is 1090. The molecule has 0 fully saturated rings. The summed E-state index contributed by atoms with van der Waals surface area (Å²) in [5, 5.41) is 23.3. The Morgan fingerprint density at radius 2 is 0.714 bits per heavy atom. The normalized spacial score (nSPS) is 12.7. The van der Waals surface area contributed by atoms with Crippen molar-refractivity contribution < 1.29 is 24.5 Å². The Morgan fingerprint density at radius 1 is 0.400 bits per heavy atom. The number of carbonyl (C=O) groups excluding carboxylic acids is 2. The molecule has 0 aromatic heterocycles. The molecule has 2 atom stereocenters. The third kappa shape index (κ3) is 55.7. The number of carbonyl (C=O) groups is 2. The standard InChI is InChI=1S/C64H123NO5/c1-3-5-7-9-11-13-15-17-18-30-33-36-40-44-48-52-56-62(67)61(60-66)65-63(68)57-53-49-45-41-37-34-31-28-26-24-22-20-19-21-23-25-27-29-32-35-39-43-47-51-55-59-70-64(69)58-54-50-46-42-38-16-14-12-10-8-6-4-2/h20-23,61-62,66-67H,3-19,24-60H2,1-2H3,(H,65,68)/b22-20-,23-21-. The topological polar surface area (TPSA) is 95.9 Å². The van der Waals surface area contributed by atoms with Crippen LogP contribution in [0.15, 0.2) is 24.3 Å². The average Bonchev–Trinajstić information content (AvgIpc) is 3.36. The Hall–Kier alpha value is -1.66. The number of hydrogen-bond donors (Lipinski definition) is 3. The molecule has 3 N–H and O–H groups in total. The van der Waals surface area contributed by atoms with Crippen LogP contribution in [0.1, 0.15) is 348 Å². The van der Waals surface area contributed by atoms with Crippen LogP contribution in [0.25, 0.3) is 0 Å². The van der Waals surface area contributed by atoms with Crippen molar-refractivity contribution >= 4 is 11.9 Å². The molecule has 0 aliphatic rings. The van der Waals surface area contributed by atoms with Crippen molar-refractivity contribution in [3.63, 3.8) is 0 Å². The molecule has 0 saturated carbocycles. The van der Waals surface area contributed by atoms with Crippen LogP contribution in [-0.2, 0) is 14.3 Å². The van der Waals surface area contributed by atoms with Crippen LogP contribution < -0.4 is 5.32 Å². The quantitative estimate of drug-likeness (QED) is 0.0321. The summed E-state index contributed by atoms with van der Waals surface area (Å²) in [6, 6.07) is -0.546. The van der Waals surface area contributed by atoms with E-state index in [1.165, 1.54) is 270 Å². The van der Waals surface area contributed by atoms with Gasteiger partial charge in [-0.2, -0.15) is 0 Å². The van der Waals surface area contributed by atoms with Gasteiger partial charge in [0.1, 0.15) is 0 Å². The van der Waals surface area contributed by atoms with Crippen molar-refractivity contribution in [2.45, 2.75) is 360 Å². The number of ether oxygens (including phenoxy) is 1. The number of hydrogen-bond acceptors (Lipinski definition) is 5. The molecule has 6 heteroatoms. The maximum atomic E-state index is 12.5. The van der Waals surface area contributed by atoms with Gasteiger partial charge in [0.15, 0.2) is 0 Å². The highest BCUT2D eigenvalue weighted by Gasteiger charge is 2.20. The average molecular weight is 987 g/mol. The number of amides is 1. The van der Waals surface area contributed by atoms with E-state index in [1.807, 2.05) is 0 Å². The summed E-state index contributed by atoms with van der Waals surface area (Å²) in [6.45, 7) is 4.97. The lowest BCUT2D eigenvalue weighted by molar-refractivity contribution is -0.143. The molecule has 0 aromatic rings. The van der Waals surface area contributed by atoms with Gasteiger partial charge in [-0.25, -0.2) is 0 Å². The summed E-state index contributed by atoms with van der Waals surface area (Å²) in [7, 11) is 0. The fraction of sp³-hybridized carbons (Fsp3) is 0.906. The molecular formula is C64H123NO5. The Labute approximate surface area is 437 Å². The lowest BCUT2D eigenvalue weighted by Gasteiger charge is -2.22. The number of aliphatic hydroxyl groups excluding tert-OH is 2. The maximum absolute atomic E-state index is 12.5. The number of esters is 1. The minimum absolute atomic E-state index is 0.0101. The lowest BCUT2D eigenvalue weighted by Crippen LogP contribution is -2.45. The van der Waals surface area contributed by atoms with Crippen LogP contribution in [0.2, 0.25) is 0 Å². The highest BCUT2D eigenvalue weighted by Crippen LogP contribution is 2.18. The van der Waals surface area contributed by atoms with Gasteiger partial charge >= 0.3 is 5.97 Å². The van der Waals surface area contributed by atoms with Crippen LogP contribution in [0.3, 0.4) is 0 Å². The smallest absolute Gasteiger partial charge is 0.305 e. The molecule has 414 valence electrons. The van der Waals surface area contributed by atoms with Crippen LogP contribution in [0.4, 0.5) is 0 Å². The summed E-state index contributed by atoms with van der Waals surface area (Å²) < 4.78 is 5.47. The summed E-state index contributed by atoms with van der Waals surface area (Å²) in [5.74, 6) is -0.0287. The monoisotopic (exact) mass is 986 g/mol. The molecule has 0 saturated heterocycles. The number of aliphatic hydroxyl groups is 2. The van der Waals surface area contributed by atoms with Crippen molar-refractivity contribution in [3.05, 3.63) is 24.3 Å². The molecule has 0 aliphatic carbocycles. The van der Waals surface area contributed by atoms with E-state index in [2.05, 4.69) is 43.5 Å². The van der Waals surface area contributed by atoms with E-state index in [-0.39, 0.29) is 18.5 Å². The van der Waals surface area contributed by atoms with Crippen LogP contribution in [-0.4, -0.2) is 47.4 Å². The molecule has 0 heterocycles. The van der Waals surface area contributed by atoms with Crippen LogP contribution >= 0.6 is 0 Å². The minimum Gasteiger partial charge on any atom is -0.466 e. The predicted octanol–water partition coefficient (Wildman–Crippen LogP) is 19.8. The summed E-state index contributed by atoms with van der Waals surface area (Å²) >= 11 is 0. The zero-order valence-corrected chi connectivity index (χ0v) is 47.3.